The predicted octanol–water partition coefficient (Wildman–Crippen LogP) is 2.66. The molecule has 0 aromatic carbocycles. The molecule has 2 rings (SSSR count). The molecule has 78 valence electrons. The molecule has 2 aliphatic carbocycles. The molecule has 0 saturated heterocycles. The second kappa shape index (κ2) is 4.07. The lowest BCUT2D eigenvalue weighted by molar-refractivity contribution is 0.193. The van der Waals surface area contributed by atoms with Crippen molar-refractivity contribution in [1.82, 2.24) is 0 Å². The topological polar surface area (TPSA) is 18.5 Å². The molecule has 0 radical (unpaired) electrons. The Morgan fingerprint density at radius 3 is 2.43 bits per heavy atom. The van der Waals surface area contributed by atoms with Crippen LogP contribution in [-0.4, -0.2) is 20.3 Å². The van der Waals surface area contributed by atoms with Crippen LogP contribution < -0.4 is 0 Å². The Kier molecular flexibility index (Phi) is 2.98. The van der Waals surface area contributed by atoms with Gasteiger partial charge in [-0.3, -0.25) is 0 Å². The third kappa shape index (κ3) is 1.63. The smallest absolute Gasteiger partial charge is 0.411 e. The van der Waals surface area contributed by atoms with Gasteiger partial charge in [0.15, 0.2) is 0 Å². The summed E-state index contributed by atoms with van der Waals surface area (Å²) >= 11 is 0. The Balaban J connectivity index is 2.05. The quantitative estimate of drug-likeness (QED) is 0.494. The maximum absolute atomic E-state index is 5.71. The summed E-state index contributed by atoms with van der Waals surface area (Å²) in [6.07, 6.45) is 8.45. The SMILES string of the molecule is CCOB(OCC)C12C=CC(CC1)C2. The first-order valence-electron chi connectivity index (χ1n) is 5.73. The van der Waals surface area contributed by atoms with Crippen molar-refractivity contribution in [3.63, 3.8) is 0 Å². The van der Waals surface area contributed by atoms with Crippen LogP contribution in [0.15, 0.2) is 12.2 Å². The molecular formula is C11H19BO2. The van der Waals surface area contributed by atoms with Crippen LogP contribution in [0.25, 0.3) is 0 Å². The van der Waals surface area contributed by atoms with E-state index in [0.29, 0.717) is 0 Å². The van der Waals surface area contributed by atoms with Crippen molar-refractivity contribution in [1.29, 1.82) is 0 Å². The summed E-state index contributed by atoms with van der Waals surface area (Å²) in [7, 11) is -0.0127. The Morgan fingerprint density at radius 1 is 1.36 bits per heavy atom. The number of hydrogen-bond donors (Lipinski definition) is 0. The molecule has 0 heterocycles. The van der Waals surface area contributed by atoms with Gasteiger partial charge in [-0.25, -0.2) is 0 Å². The van der Waals surface area contributed by atoms with Crippen molar-refractivity contribution >= 4 is 7.12 Å². The van der Waals surface area contributed by atoms with Gasteiger partial charge in [0.2, 0.25) is 0 Å². The minimum absolute atomic E-state index is 0.0127. The summed E-state index contributed by atoms with van der Waals surface area (Å²) in [5.74, 6) is 0.790. The van der Waals surface area contributed by atoms with Crippen molar-refractivity contribution in [3.05, 3.63) is 12.2 Å². The van der Waals surface area contributed by atoms with E-state index in [1.807, 2.05) is 13.8 Å². The van der Waals surface area contributed by atoms with Crippen molar-refractivity contribution in [2.24, 2.45) is 5.92 Å². The van der Waals surface area contributed by atoms with E-state index < -0.39 is 0 Å². The summed E-state index contributed by atoms with van der Waals surface area (Å²) in [6, 6.07) is 0. The molecule has 0 N–H and O–H groups in total. The molecule has 1 saturated carbocycles. The van der Waals surface area contributed by atoms with Gasteiger partial charge in [-0.1, -0.05) is 12.2 Å². The fourth-order valence-electron chi connectivity index (χ4n) is 2.77. The third-order valence-corrected chi connectivity index (χ3v) is 3.43. The highest BCUT2D eigenvalue weighted by Crippen LogP contribution is 2.56. The van der Waals surface area contributed by atoms with Gasteiger partial charge >= 0.3 is 7.12 Å². The van der Waals surface area contributed by atoms with Crippen LogP contribution in [0, 0.1) is 5.92 Å². The minimum atomic E-state index is -0.0127. The van der Waals surface area contributed by atoms with Crippen LogP contribution in [0.2, 0.25) is 5.31 Å². The molecule has 14 heavy (non-hydrogen) atoms. The zero-order valence-electron chi connectivity index (χ0n) is 9.16. The van der Waals surface area contributed by atoms with Crippen molar-refractivity contribution in [2.45, 2.75) is 38.4 Å². The van der Waals surface area contributed by atoms with E-state index in [2.05, 4.69) is 12.2 Å². The molecule has 2 atom stereocenters. The summed E-state index contributed by atoms with van der Waals surface area (Å²) in [5, 5.41) is 0.205. The van der Waals surface area contributed by atoms with Crippen LogP contribution in [0.5, 0.6) is 0 Å². The van der Waals surface area contributed by atoms with Crippen LogP contribution in [0.3, 0.4) is 0 Å². The molecule has 0 amide bonds. The number of fused-ring (bicyclic) bond motifs is 2. The van der Waals surface area contributed by atoms with E-state index in [-0.39, 0.29) is 12.4 Å². The lowest BCUT2D eigenvalue weighted by Gasteiger charge is -2.28. The van der Waals surface area contributed by atoms with E-state index in [1.54, 1.807) is 0 Å². The maximum Gasteiger partial charge on any atom is 0.467 e. The van der Waals surface area contributed by atoms with Crippen LogP contribution in [0.4, 0.5) is 0 Å². The molecule has 2 nitrogen and oxygen atoms in total. The van der Waals surface area contributed by atoms with E-state index in [0.717, 1.165) is 19.1 Å². The van der Waals surface area contributed by atoms with E-state index in [4.69, 9.17) is 9.31 Å². The summed E-state index contributed by atoms with van der Waals surface area (Å²) in [6.45, 7) is 5.55. The van der Waals surface area contributed by atoms with Gasteiger partial charge in [-0.05, 0) is 39.0 Å². The van der Waals surface area contributed by atoms with Gasteiger partial charge in [-0.2, -0.15) is 0 Å². The van der Waals surface area contributed by atoms with Gasteiger partial charge in [0.05, 0.1) is 0 Å². The van der Waals surface area contributed by atoms with Gasteiger partial charge in [0.1, 0.15) is 0 Å². The predicted molar refractivity (Wildman–Crippen MR) is 58.2 cm³/mol. The summed E-state index contributed by atoms with van der Waals surface area (Å²) < 4.78 is 11.4. The van der Waals surface area contributed by atoms with E-state index >= 15 is 0 Å². The summed E-state index contributed by atoms with van der Waals surface area (Å²) in [5.41, 5.74) is 0. The fourth-order valence-corrected chi connectivity index (χ4v) is 2.77. The van der Waals surface area contributed by atoms with E-state index in [1.165, 1.54) is 19.3 Å². The molecule has 0 spiro atoms. The maximum atomic E-state index is 5.71. The van der Waals surface area contributed by atoms with Gasteiger partial charge < -0.3 is 9.31 Å². The Bertz CT molecular complexity index is 223. The highest BCUT2D eigenvalue weighted by Gasteiger charge is 2.51. The normalized spacial score (nSPS) is 34.0. The highest BCUT2D eigenvalue weighted by atomic mass is 16.6. The molecule has 1 fully saturated rings. The second-order valence-corrected chi connectivity index (χ2v) is 4.34. The van der Waals surface area contributed by atoms with Crippen LogP contribution in [0.1, 0.15) is 33.1 Å². The molecule has 0 aliphatic heterocycles. The lowest BCUT2D eigenvalue weighted by Crippen LogP contribution is -2.35. The Labute approximate surface area is 86.8 Å². The Hall–Kier alpha value is -0.275. The average Bonchev–Trinajstić information content (AvgIpc) is 2.78. The standard InChI is InChI=1S/C11H19BO2/c1-3-13-12(14-4-2)11-7-5-10(9-11)6-8-11/h5,7,10H,3-4,6,8-9H2,1-2H3. The highest BCUT2D eigenvalue weighted by molar-refractivity contribution is 6.49. The minimum Gasteiger partial charge on any atom is -0.411 e. The van der Waals surface area contributed by atoms with Crippen LogP contribution >= 0.6 is 0 Å². The molecule has 3 heteroatoms. The zero-order chi connectivity index (χ0) is 10.0. The van der Waals surface area contributed by atoms with E-state index in [9.17, 15) is 0 Å². The largest absolute Gasteiger partial charge is 0.467 e. The first-order valence-corrected chi connectivity index (χ1v) is 5.73. The van der Waals surface area contributed by atoms with Crippen molar-refractivity contribution in [3.8, 4) is 0 Å². The first kappa shape index (κ1) is 10.2. The molecular weight excluding hydrogens is 175 g/mol. The van der Waals surface area contributed by atoms with Crippen LogP contribution in [-0.2, 0) is 9.31 Å². The zero-order valence-corrected chi connectivity index (χ0v) is 9.16. The molecule has 2 unspecified atom stereocenters. The molecule has 2 bridgehead atoms. The molecule has 0 aromatic rings. The number of hydrogen-bond acceptors (Lipinski definition) is 2. The first-order chi connectivity index (χ1) is 6.80. The number of allylic oxidation sites excluding steroid dienone is 2. The second-order valence-electron chi connectivity index (χ2n) is 4.34. The monoisotopic (exact) mass is 194 g/mol. The van der Waals surface area contributed by atoms with Crippen molar-refractivity contribution < 1.29 is 9.31 Å². The third-order valence-electron chi connectivity index (χ3n) is 3.43. The molecule has 2 aliphatic rings. The summed E-state index contributed by atoms with van der Waals surface area (Å²) in [4.78, 5) is 0. The lowest BCUT2D eigenvalue weighted by atomic mass is 9.56. The van der Waals surface area contributed by atoms with Gasteiger partial charge in [0, 0.05) is 18.5 Å². The van der Waals surface area contributed by atoms with Gasteiger partial charge in [-0.15, -0.1) is 0 Å². The Morgan fingerprint density at radius 2 is 2.07 bits per heavy atom. The van der Waals surface area contributed by atoms with Crippen molar-refractivity contribution in [2.75, 3.05) is 13.2 Å². The fraction of sp³-hybridized carbons (Fsp3) is 0.818. The van der Waals surface area contributed by atoms with Gasteiger partial charge in [0.25, 0.3) is 0 Å². The number of rotatable bonds is 5. The molecule has 0 aromatic heterocycles. The average molecular weight is 194 g/mol.